The van der Waals surface area contributed by atoms with Crippen LogP contribution in [0.4, 0.5) is 0 Å². The number of carbonyl (C=O) groups is 1. The van der Waals surface area contributed by atoms with Gasteiger partial charge in [0.05, 0.1) is 38.8 Å². The molecule has 14 nitrogen and oxygen atoms in total. The van der Waals surface area contributed by atoms with E-state index in [2.05, 4.69) is 79.8 Å². The Kier molecular flexibility index (Phi) is 9.96. The van der Waals surface area contributed by atoms with E-state index < -0.39 is 29.4 Å². The molecule has 53 heavy (non-hydrogen) atoms. The molecule has 2 fully saturated rings. The minimum atomic E-state index is -1.48. The van der Waals surface area contributed by atoms with E-state index in [1.807, 2.05) is 36.4 Å². The first-order chi connectivity index (χ1) is 26.0. The molecule has 0 aliphatic carbocycles. The molecule has 2 aliphatic rings. The molecule has 0 bridgehead atoms. The fourth-order valence-corrected chi connectivity index (χ4v) is 7.49. The van der Waals surface area contributed by atoms with E-state index in [1.165, 1.54) is 9.36 Å². The van der Waals surface area contributed by atoms with E-state index >= 15 is 4.79 Å². The van der Waals surface area contributed by atoms with Crippen LogP contribution >= 0.6 is 0 Å². The lowest BCUT2D eigenvalue weighted by atomic mass is 9.84. The smallest absolute Gasteiger partial charge is 0.339 e. The van der Waals surface area contributed by atoms with Crippen LogP contribution in [0.1, 0.15) is 35.4 Å². The van der Waals surface area contributed by atoms with Gasteiger partial charge in [-0.1, -0.05) is 83.2 Å². The van der Waals surface area contributed by atoms with Crippen molar-refractivity contribution < 1.29 is 29.2 Å². The molecule has 6 aromatic rings. The van der Waals surface area contributed by atoms with Gasteiger partial charge in [-0.15, -0.1) is 10.2 Å². The van der Waals surface area contributed by atoms with Crippen molar-refractivity contribution in [3.05, 3.63) is 120 Å². The largest absolute Gasteiger partial charge is 0.432 e. The number of esters is 1. The van der Waals surface area contributed by atoms with E-state index in [0.29, 0.717) is 44.0 Å². The number of hydrogen-bond acceptors (Lipinski definition) is 12. The molecule has 4 heterocycles. The van der Waals surface area contributed by atoms with E-state index in [-0.39, 0.29) is 32.8 Å². The van der Waals surface area contributed by atoms with E-state index in [4.69, 9.17) is 14.2 Å². The summed E-state index contributed by atoms with van der Waals surface area (Å²) in [5, 5.41) is 48.2. The highest BCUT2D eigenvalue weighted by molar-refractivity contribution is 5.84. The standard InChI is InChI=1S/C39H42N8O6/c48-23-33-21-46(44-42-33)38(13-15-40-19-35(38)51-25-27-9-11-29-5-1-3-7-31(29)17-27)37(50)53-39(47-22-34(24-49)43-45-47)14-16-41-20-36(39)52-26-28-10-12-30-6-2-4-8-32(30)18-28/h1-12,17-18,21-22,35-36,40-41,48-49H,13-16,19-20,23-26H2. The summed E-state index contributed by atoms with van der Waals surface area (Å²) in [5.41, 5.74) is -0.405. The van der Waals surface area contributed by atoms with Crippen LogP contribution in [0, 0.1) is 0 Å². The number of piperidine rings is 2. The molecule has 0 radical (unpaired) electrons. The van der Waals surface area contributed by atoms with Crippen LogP contribution in [-0.4, -0.2) is 84.6 Å². The zero-order valence-corrected chi connectivity index (χ0v) is 29.2. The average Bonchev–Trinajstić information content (AvgIpc) is 3.91. The lowest BCUT2D eigenvalue weighted by molar-refractivity contribution is -0.233. The predicted octanol–water partition coefficient (Wildman–Crippen LogP) is 2.91. The molecule has 0 amide bonds. The minimum absolute atomic E-state index is 0.225. The number of rotatable bonds is 12. The lowest BCUT2D eigenvalue weighted by Gasteiger charge is -2.47. The molecule has 14 heteroatoms. The topological polar surface area (TPSA) is 171 Å². The van der Waals surface area contributed by atoms with Crippen molar-refractivity contribution in [3.63, 3.8) is 0 Å². The summed E-state index contributed by atoms with van der Waals surface area (Å²) in [6.45, 7) is 1.41. The number of ether oxygens (including phenoxy) is 3. The first-order valence-electron chi connectivity index (χ1n) is 17.9. The second kappa shape index (κ2) is 15.1. The summed E-state index contributed by atoms with van der Waals surface area (Å²) in [5.74, 6) is -0.612. The summed E-state index contributed by atoms with van der Waals surface area (Å²) in [6, 6.07) is 28.6. The molecule has 0 saturated carbocycles. The molecule has 4 atom stereocenters. The van der Waals surface area contributed by atoms with Crippen LogP contribution in [0.3, 0.4) is 0 Å². The number of aliphatic hydroxyl groups is 2. The molecule has 0 spiro atoms. The molecule has 8 rings (SSSR count). The van der Waals surface area contributed by atoms with Gasteiger partial charge < -0.3 is 35.1 Å². The van der Waals surface area contributed by atoms with Crippen LogP contribution in [0.5, 0.6) is 0 Å². The van der Waals surface area contributed by atoms with Gasteiger partial charge in [-0.3, -0.25) is 0 Å². The first-order valence-corrected chi connectivity index (χ1v) is 17.9. The van der Waals surface area contributed by atoms with Crippen LogP contribution in [-0.2, 0) is 56.7 Å². The maximum atomic E-state index is 15.2. The SMILES string of the molecule is O=C(OC1(n2cc(CO)nn2)CCNCC1OCc1ccc2ccccc2c1)C1(n2cc(CO)nn2)CCNCC1OCc1ccc2ccccc2c1. The van der Waals surface area contributed by atoms with Gasteiger partial charge in [0.2, 0.25) is 5.72 Å². The summed E-state index contributed by atoms with van der Waals surface area (Å²) in [6.07, 6.45) is 2.26. The second-order valence-corrected chi connectivity index (χ2v) is 13.7. The van der Waals surface area contributed by atoms with Crippen LogP contribution in [0.15, 0.2) is 97.3 Å². The second-order valence-electron chi connectivity index (χ2n) is 13.7. The van der Waals surface area contributed by atoms with Gasteiger partial charge in [0.1, 0.15) is 23.6 Å². The Morgan fingerprint density at radius 1 is 0.698 bits per heavy atom. The van der Waals surface area contributed by atoms with E-state index in [0.717, 1.165) is 32.7 Å². The highest BCUT2D eigenvalue weighted by atomic mass is 16.6. The zero-order chi connectivity index (χ0) is 36.3. The Hall–Kier alpha value is -5.09. The van der Waals surface area contributed by atoms with E-state index in [1.54, 1.807) is 12.4 Å². The number of aliphatic hydroxyl groups excluding tert-OH is 2. The van der Waals surface area contributed by atoms with Crippen molar-refractivity contribution in [1.82, 2.24) is 40.6 Å². The number of nitrogens with zero attached hydrogens (tertiary/aromatic N) is 6. The maximum Gasteiger partial charge on any atom is 0.339 e. The Bertz CT molecular complexity index is 2210. The Morgan fingerprint density at radius 2 is 1.23 bits per heavy atom. The Morgan fingerprint density at radius 3 is 1.83 bits per heavy atom. The molecule has 4 N–H and O–H groups in total. The number of hydrogen-bond donors (Lipinski definition) is 4. The normalized spacial score (nSPS) is 23.4. The first kappa shape index (κ1) is 35.0. The predicted molar refractivity (Wildman–Crippen MR) is 194 cm³/mol. The average molecular weight is 719 g/mol. The third-order valence-electron chi connectivity index (χ3n) is 10.4. The molecular formula is C39H42N8O6. The Balaban J connectivity index is 1.14. The van der Waals surface area contributed by atoms with Gasteiger partial charge in [0.15, 0.2) is 5.54 Å². The fraction of sp³-hybridized carbons (Fsp3) is 0.359. The molecule has 274 valence electrons. The Labute approximate surface area is 305 Å². The summed E-state index contributed by atoms with van der Waals surface area (Å²) < 4.78 is 23.1. The van der Waals surface area contributed by atoms with Gasteiger partial charge in [-0.05, 0) is 57.8 Å². The maximum absolute atomic E-state index is 15.2. The molecule has 2 aromatic heterocycles. The molecular weight excluding hydrogens is 676 g/mol. The number of benzene rings is 4. The van der Waals surface area contributed by atoms with E-state index in [9.17, 15) is 10.2 Å². The van der Waals surface area contributed by atoms with Gasteiger partial charge in [-0.25, -0.2) is 14.2 Å². The van der Waals surface area contributed by atoms with Crippen molar-refractivity contribution in [2.45, 2.75) is 62.7 Å². The number of carbonyl (C=O) groups excluding carboxylic acids is 1. The molecule has 2 saturated heterocycles. The monoisotopic (exact) mass is 718 g/mol. The van der Waals surface area contributed by atoms with Crippen molar-refractivity contribution in [3.8, 4) is 0 Å². The van der Waals surface area contributed by atoms with Gasteiger partial charge >= 0.3 is 5.97 Å². The van der Waals surface area contributed by atoms with Crippen LogP contribution in [0.2, 0.25) is 0 Å². The quantitative estimate of drug-likeness (QED) is 0.137. The van der Waals surface area contributed by atoms with Crippen molar-refractivity contribution in [2.75, 3.05) is 26.2 Å². The minimum Gasteiger partial charge on any atom is -0.432 e. The number of aromatic nitrogens is 6. The number of nitrogens with one attached hydrogen (secondary N) is 2. The van der Waals surface area contributed by atoms with Gasteiger partial charge in [-0.2, -0.15) is 0 Å². The highest BCUT2D eigenvalue weighted by Gasteiger charge is 2.57. The van der Waals surface area contributed by atoms with Crippen LogP contribution < -0.4 is 10.6 Å². The fourth-order valence-electron chi connectivity index (χ4n) is 7.49. The van der Waals surface area contributed by atoms with Crippen molar-refractivity contribution >= 4 is 27.5 Å². The zero-order valence-electron chi connectivity index (χ0n) is 29.2. The highest BCUT2D eigenvalue weighted by Crippen LogP contribution is 2.39. The number of fused-ring (bicyclic) bond motifs is 2. The van der Waals surface area contributed by atoms with Crippen LogP contribution in [0.25, 0.3) is 21.5 Å². The van der Waals surface area contributed by atoms with Gasteiger partial charge in [0, 0.05) is 26.1 Å². The lowest BCUT2D eigenvalue weighted by Crippen LogP contribution is -2.65. The van der Waals surface area contributed by atoms with Crippen molar-refractivity contribution in [1.29, 1.82) is 0 Å². The summed E-state index contributed by atoms with van der Waals surface area (Å²) >= 11 is 0. The molecule has 2 aliphatic heterocycles. The third-order valence-corrected chi connectivity index (χ3v) is 10.4. The van der Waals surface area contributed by atoms with Crippen molar-refractivity contribution in [2.24, 2.45) is 0 Å². The molecule has 4 unspecified atom stereocenters. The summed E-state index contributed by atoms with van der Waals surface area (Å²) in [7, 11) is 0. The van der Waals surface area contributed by atoms with Gasteiger partial charge in [0.25, 0.3) is 0 Å². The molecule has 4 aromatic carbocycles. The third kappa shape index (κ3) is 6.81. The summed E-state index contributed by atoms with van der Waals surface area (Å²) in [4.78, 5) is 15.2.